The van der Waals surface area contributed by atoms with Crippen molar-refractivity contribution in [1.82, 2.24) is 20.0 Å². The maximum Gasteiger partial charge on any atom is 0.410 e. The van der Waals surface area contributed by atoms with E-state index in [2.05, 4.69) is 10.2 Å². The number of hydrogen-bond acceptors (Lipinski definition) is 7. The number of amides is 2. The Morgan fingerprint density at radius 3 is 2.42 bits per heavy atom. The van der Waals surface area contributed by atoms with Crippen LogP contribution in [0.2, 0.25) is 0 Å². The molecule has 10 nitrogen and oxygen atoms in total. The summed E-state index contributed by atoms with van der Waals surface area (Å²) in [6.07, 6.45) is 1.09. The Labute approximate surface area is 184 Å². The lowest BCUT2D eigenvalue weighted by molar-refractivity contribution is 0.0136. The fraction of sp³-hybridized carbons (Fsp3) is 0.750. The molecular formula is C20H34N4O6S. The first-order valence-electron chi connectivity index (χ1n) is 10.1. The molecule has 0 radical (unpaired) electrons. The molecule has 31 heavy (non-hydrogen) atoms. The van der Waals surface area contributed by atoms with Crippen LogP contribution in [0.1, 0.15) is 63.3 Å². The van der Waals surface area contributed by atoms with Crippen LogP contribution in [0.15, 0.2) is 0 Å². The van der Waals surface area contributed by atoms with E-state index in [-0.39, 0.29) is 37.3 Å². The van der Waals surface area contributed by atoms with Crippen molar-refractivity contribution < 1.29 is 26.9 Å². The monoisotopic (exact) mass is 458 g/mol. The van der Waals surface area contributed by atoms with E-state index in [9.17, 15) is 18.0 Å². The van der Waals surface area contributed by atoms with E-state index in [1.807, 2.05) is 41.5 Å². The van der Waals surface area contributed by atoms with Crippen LogP contribution in [0.25, 0.3) is 0 Å². The van der Waals surface area contributed by atoms with Gasteiger partial charge in [-0.05, 0) is 27.7 Å². The zero-order valence-corrected chi connectivity index (χ0v) is 20.4. The lowest BCUT2D eigenvalue weighted by atomic mass is 9.94. The molecule has 0 aromatic carbocycles. The number of hydrogen-bond donors (Lipinski definition) is 1. The summed E-state index contributed by atoms with van der Waals surface area (Å²) in [5.74, 6) is -0.316. The van der Waals surface area contributed by atoms with Gasteiger partial charge >= 0.3 is 6.09 Å². The molecule has 1 aromatic heterocycles. The predicted molar refractivity (Wildman–Crippen MR) is 115 cm³/mol. The maximum atomic E-state index is 13.1. The summed E-state index contributed by atoms with van der Waals surface area (Å²) in [5.41, 5.74) is 0.528. The zero-order valence-electron chi connectivity index (χ0n) is 19.6. The van der Waals surface area contributed by atoms with Gasteiger partial charge in [0, 0.05) is 42.7 Å². The third-order valence-electron chi connectivity index (χ3n) is 4.82. The van der Waals surface area contributed by atoms with Crippen LogP contribution >= 0.6 is 0 Å². The number of carbonyl (C=O) groups is 2. The molecule has 1 aliphatic rings. The van der Waals surface area contributed by atoms with Crippen molar-refractivity contribution in [3.05, 3.63) is 17.0 Å². The molecule has 2 amide bonds. The minimum Gasteiger partial charge on any atom is -0.444 e. The van der Waals surface area contributed by atoms with Crippen molar-refractivity contribution in [1.29, 1.82) is 0 Å². The second-order valence-corrected chi connectivity index (χ2v) is 11.6. The van der Waals surface area contributed by atoms with Crippen LogP contribution in [0.5, 0.6) is 0 Å². The highest BCUT2D eigenvalue weighted by atomic mass is 32.2. The summed E-state index contributed by atoms with van der Waals surface area (Å²) < 4.78 is 33.0. The van der Waals surface area contributed by atoms with Gasteiger partial charge in [0.1, 0.15) is 5.60 Å². The van der Waals surface area contributed by atoms with Gasteiger partial charge in [0.05, 0.1) is 19.4 Å². The molecule has 0 fully saturated rings. The molecule has 2 rings (SSSR count). The smallest absolute Gasteiger partial charge is 0.410 e. The molecule has 1 aromatic rings. The normalized spacial score (nSPS) is 17.3. The molecule has 11 heteroatoms. The van der Waals surface area contributed by atoms with Crippen LogP contribution in [0, 0.1) is 5.41 Å². The minimum atomic E-state index is -3.57. The van der Waals surface area contributed by atoms with Crippen LogP contribution in [-0.2, 0) is 32.0 Å². The lowest BCUT2D eigenvalue weighted by Crippen LogP contribution is -2.45. The molecule has 0 aliphatic carbocycles. The van der Waals surface area contributed by atoms with Gasteiger partial charge in [-0.15, -0.1) is 0 Å². The first-order chi connectivity index (χ1) is 14.0. The average Bonchev–Trinajstić information content (AvgIpc) is 2.98. The Kier molecular flexibility index (Phi) is 7.11. The molecule has 1 atom stereocenters. The molecule has 0 saturated heterocycles. The van der Waals surface area contributed by atoms with Crippen molar-refractivity contribution in [3.63, 3.8) is 0 Å². The van der Waals surface area contributed by atoms with E-state index in [0.29, 0.717) is 12.0 Å². The minimum absolute atomic E-state index is 0.0495. The molecule has 1 N–H and O–H groups in total. The molecule has 176 valence electrons. The van der Waals surface area contributed by atoms with Crippen molar-refractivity contribution in [2.24, 2.45) is 5.41 Å². The van der Waals surface area contributed by atoms with E-state index >= 15 is 0 Å². The van der Waals surface area contributed by atoms with Crippen molar-refractivity contribution in [2.45, 2.75) is 66.2 Å². The largest absolute Gasteiger partial charge is 0.444 e. The summed E-state index contributed by atoms with van der Waals surface area (Å²) in [6.45, 7) is 11.4. The van der Waals surface area contributed by atoms with Gasteiger partial charge in [0.15, 0.2) is 5.69 Å². The van der Waals surface area contributed by atoms with Gasteiger partial charge in [-0.25, -0.2) is 4.79 Å². The van der Waals surface area contributed by atoms with Crippen LogP contribution in [-0.4, -0.2) is 78.5 Å². The summed E-state index contributed by atoms with van der Waals surface area (Å²) in [6, 6.07) is -0.101. The van der Waals surface area contributed by atoms with Gasteiger partial charge in [0.25, 0.3) is 16.0 Å². The van der Waals surface area contributed by atoms with Crippen LogP contribution < -0.4 is 0 Å². The summed E-state index contributed by atoms with van der Waals surface area (Å²) in [5, 5.41) is 7.14. The predicted octanol–water partition coefficient (Wildman–Crippen LogP) is 2.17. The molecule has 1 aliphatic heterocycles. The number of aromatic amines is 1. The number of fused-ring (bicyclic) bond motifs is 1. The van der Waals surface area contributed by atoms with E-state index in [1.54, 1.807) is 11.9 Å². The number of carbonyl (C=O) groups excluding carboxylic acids is 2. The van der Waals surface area contributed by atoms with Gasteiger partial charge in [-0.1, -0.05) is 13.8 Å². The zero-order chi connectivity index (χ0) is 23.8. The van der Waals surface area contributed by atoms with Crippen LogP contribution in [0.3, 0.4) is 0 Å². The van der Waals surface area contributed by atoms with Crippen LogP contribution in [0.4, 0.5) is 4.79 Å². The Hall–Kier alpha value is -2.14. The van der Waals surface area contributed by atoms with Crippen molar-refractivity contribution >= 4 is 22.1 Å². The first-order valence-corrected chi connectivity index (χ1v) is 12.0. The number of nitrogens with one attached hydrogen (secondary N) is 1. The number of H-pyrrole nitrogens is 1. The van der Waals surface area contributed by atoms with E-state index < -0.39 is 27.2 Å². The molecule has 0 spiro atoms. The molecule has 2 heterocycles. The first kappa shape index (κ1) is 25.1. The summed E-state index contributed by atoms with van der Waals surface area (Å²) >= 11 is 0. The highest BCUT2D eigenvalue weighted by Gasteiger charge is 2.35. The van der Waals surface area contributed by atoms with Gasteiger partial charge in [-0.3, -0.25) is 14.1 Å². The second kappa shape index (κ2) is 8.78. The molecule has 0 unspecified atom stereocenters. The quantitative estimate of drug-likeness (QED) is 0.648. The topological polar surface area (TPSA) is 122 Å². The van der Waals surface area contributed by atoms with Crippen molar-refractivity contribution in [3.8, 4) is 0 Å². The summed E-state index contributed by atoms with van der Waals surface area (Å²) in [4.78, 5) is 28.8. The Bertz CT molecular complexity index is 932. The second-order valence-electron chi connectivity index (χ2n) is 9.98. The number of aromatic nitrogens is 2. The van der Waals surface area contributed by atoms with Crippen molar-refractivity contribution in [2.75, 3.05) is 26.5 Å². The summed E-state index contributed by atoms with van der Waals surface area (Å²) in [7, 11) is -1.94. The van der Waals surface area contributed by atoms with E-state index in [4.69, 9.17) is 8.92 Å². The van der Waals surface area contributed by atoms with E-state index in [1.165, 1.54) is 4.90 Å². The standard InChI is InChI=1S/C20H34N4O6S/c1-13-9-15-14(10-24(13)18(26)30-19(2,3)4)16(22-21-15)17(25)23(7)11-20(5,6)12-29-31(8,27)28/h13H,9-12H2,1-8H3,(H,21,22)/t13-/m1/s1. The lowest BCUT2D eigenvalue weighted by Gasteiger charge is -2.35. The maximum absolute atomic E-state index is 13.1. The van der Waals surface area contributed by atoms with Gasteiger partial charge < -0.3 is 14.5 Å². The Morgan fingerprint density at radius 2 is 1.87 bits per heavy atom. The van der Waals surface area contributed by atoms with Gasteiger partial charge in [-0.2, -0.15) is 13.5 Å². The number of ether oxygens (including phenoxy) is 1. The fourth-order valence-corrected chi connectivity index (χ4v) is 3.95. The number of rotatable bonds is 6. The highest BCUT2D eigenvalue weighted by molar-refractivity contribution is 7.85. The molecule has 0 saturated carbocycles. The fourth-order valence-electron chi connectivity index (χ4n) is 3.42. The SMILES string of the molecule is C[C@@H]1Cc2[nH]nc(C(=O)N(C)CC(C)(C)COS(C)(=O)=O)c2CN1C(=O)OC(C)(C)C. The Balaban J connectivity index is 2.15. The molecular weight excluding hydrogens is 424 g/mol. The van der Waals surface area contributed by atoms with Gasteiger partial charge in [0.2, 0.25) is 0 Å². The third-order valence-corrected chi connectivity index (χ3v) is 5.37. The third kappa shape index (κ3) is 6.93. The molecule has 0 bridgehead atoms. The highest BCUT2D eigenvalue weighted by Crippen LogP contribution is 2.27. The average molecular weight is 459 g/mol. The number of nitrogens with zero attached hydrogens (tertiary/aromatic N) is 3. The van der Waals surface area contributed by atoms with E-state index in [0.717, 1.165) is 11.9 Å². The Morgan fingerprint density at radius 1 is 1.26 bits per heavy atom.